The lowest BCUT2D eigenvalue weighted by Gasteiger charge is -2.22. The van der Waals surface area contributed by atoms with Gasteiger partial charge >= 0.3 is 12.1 Å². The van der Waals surface area contributed by atoms with E-state index in [1.165, 1.54) is 6.92 Å². The molecular weight excluding hydrogens is 406 g/mol. The van der Waals surface area contributed by atoms with E-state index in [0.717, 1.165) is 4.47 Å². The third-order valence-electron chi connectivity index (χ3n) is 3.48. The highest BCUT2D eigenvalue weighted by molar-refractivity contribution is 9.10. The minimum Gasteiger partial charge on any atom is -0.493 e. The van der Waals surface area contributed by atoms with Crippen molar-refractivity contribution in [2.24, 2.45) is 0 Å². The summed E-state index contributed by atoms with van der Waals surface area (Å²) in [6.45, 7) is 6.86. The van der Waals surface area contributed by atoms with E-state index < -0.39 is 29.8 Å². The molecule has 1 aromatic rings. The fourth-order valence-corrected chi connectivity index (χ4v) is 2.64. The highest BCUT2D eigenvalue weighted by atomic mass is 79.9. The summed E-state index contributed by atoms with van der Waals surface area (Å²) < 4.78 is 16.8. The maximum Gasteiger partial charge on any atom is 0.408 e. The van der Waals surface area contributed by atoms with Crippen molar-refractivity contribution in [1.29, 1.82) is 0 Å². The van der Waals surface area contributed by atoms with E-state index in [4.69, 9.17) is 14.2 Å². The van der Waals surface area contributed by atoms with Gasteiger partial charge in [0.2, 0.25) is 5.78 Å². The first-order valence-electron chi connectivity index (χ1n) is 8.23. The maximum absolute atomic E-state index is 12.6. The van der Waals surface area contributed by atoms with E-state index in [-0.39, 0.29) is 18.8 Å². The van der Waals surface area contributed by atoms with Crippen LogP contribution in [-0.2, 0) is 14.3 Å². The molecule has 0 spiro atoms. The van der Waals surface area contributed by atoms with Gasteiger partial charge in [-0.25, -0.2) is 9.59 Å². The number of fused-ring (bicyclic) bond motifs is 1. The van der Waals surface area contributed by atoms with Crippen LogP contribution < -0.4 is 10.1 Å². The van der Waals surface area contributed by atoms with Gasteiger partial charge in [0.15, 0.2) is 6.10 Å². The molecule has 1 aliphatic rings. The zero-order valence-electron chi connectivity index (χ0n) is 15.1. The molecular formula is C18H22BrNO6. The summed E-state index contributed by atoms with van der Waals surface area (Å²) in [5, 5.41) is 2.40. The summed E-state index contributed by atoms with van der Waals surface area (Å²) in [6, 6.07) is 4.09. The average molecular weight is 428 g/mol. The van der Waals surface area contributed by atoms with Crippen LogP contribution in [0.3, 0.4) is 0 Å². The Morgan fingerprint density at radius 1 is 1.35 bits per heavy atom. The molecule has 1 aromatic carbocycles. The van der Waals surface area contributed by atoms with Crippen LogP contribution >= 0.6 is 15.9 Å². The van der Waals surface area contributed by atoms with Crippen LogP contribution in [-0.4, -0.2) is 42.2 Å². The van der Waals surface area contributed by atoms with Gasteiger partial charge in [-0.15, -0.1) is 0 Å². The van der Waals surface area contributed by atoms with Gasteiger partial charge in [-0.2, -0.15) is 0 Å². The third kappa shape index (κ3) is 5.45. The van der Waals surface area contributed by atoms with Crippen LogP contribution in [0.1, 0.15) is 44.5 Å². The number of esters is 1. The zero-order valence-corrected chi connectivity index (χ0v) is 16.7. The minimum atomic E-state index is -0.965. The topological polar surface area (TPSA) is 90.9 Å². The average Bonchev–Trinajstić information content (AvgIpc) is 2.65. The predicted molar refractivity (Wildman–Crippen MR) is 97.3 cm³/mol. The van der Waals surface area contributed by atoms with Gasteiger partial charge in [-0.05, 0) is 45.9 Å². The summed E-state index contributed by atoms with van der Waals surface area (Å²) in [6.07, 6.45) is -1.46. The van der Waals surface area contributed by atoms with Gasteiger partial charge in [-0.1, -0.05) is 15.9 Å². The summed E-state index contributed by atoms with van der Waals surface area (Å²) in [5.41, 5.74) is -0.323. The zero-order chi connectivity index (χ0) is 19.5. The van der Waals surface area contributed by atoms with Gasteiger partial charge < -0.3 is 19.5 Å². The number of carbonyl (C=O) groups is 3. The fraction of sp³-hybridized carbons (Fsp3) is 0.500. The van der Waals surface area contributed by atoms with E-state index in [1.807, 2.05) is 0 Å². The second kappa shape index (κ2) is 8.07. The maximum atomic E-state index is 12.6. The number of carbonyl (C=O) groups excluding carboxylic acids is 3. The Bertz CT molecular complexity index is 712. The Morgan fingerprint density at radius 3 is 2.69 bits per heavy atom. The molecule has 1 unspecified atom stereocenters. The van der Waals surface area contributed by atoms with Crippen molar-refractivity contribution in [3.05, 3.63) is 28.2 Å². The van der Waals surface area contributed by atoms with Crippen LogP contribution in [0, 0.1) is 0 Å². The Labute approximate surface area is 160 Å². The number of ketones is 1. The molecule has 0 fully saturated rings. The molecule has 0 bridgehead atoms. The minimum absolute atomic E-state index is 0.232. The molecule has 0 aromatic heterocycles. The Kier molecular flexibility index (Phi) is 6.28. The highest BCUT2D eigenvalue weighted by Gasteiger charge is 2.31. The molecule has 0 radical (unpaired) electrons. The summed E-state index contributed by atoms with van der Waals surface area (Å²) in [5.74, 6) is -0.597. The molecule has 2 atom stereocenters. The molecule has 7 nitrogen and oxygen atoms in total. The van der Waals surface area contributed by atoms with Crippen LogP contribution in [0.25, 0.3) is 0 Å². The van der Waals surface area contributed by atoms with E-state index in [9.17, 15) is 14.4 Å². The number of Topliss-reactive ketones (excluding diaryl/α,β-unsaturated/α-hetero) is 1. The van der Waals surface area contributed by atoms with Gasteiger partial charge in [-0.3, -0.25) is 4.79 Å². The molecule has 2 rings (SSSR count). The molecule has 1 N–H and O–H groups in total. The van der Waals surface area contributed by atoms with Crippen molar-refractivity contribution in [3.63, 3.8) is 0 Å². The number of nitrogens with one attached hydrogen (secondary N) is 1. The molecule has 8 heteroatoms. The number of benzene rings is 1. The normalized spacial score (nSPS) is 18.0. The van der Waals surface area contributed by atoms with E-state index in [2.05, 4.69) is 21.2 Å². The number of halogens is 1. The molecule has 142 valence electrons. The van der Waals surface area contributed by atoms with E-state index in [1.54, 1.807) is 39.0 Å². The second-order valence-electron chi connectivity index (χ2n) is 6.94. The number of alkyl carbamates (subject to hydrolysis) is 1. The lowest BCUT2D eigenvalue weighted by Crippen LogP contribution is -2.44. The highest BCUT2D eigenvalue weighted by Crippen LogP contribution is 2.28. The van der Waals surface area contributed by atoms with Gasteiger partial charge in [0.1, 0.15) is 17.4 Å². The Morgan fingerprint density at radius 2 is 2.04 bits per heavy atom. The van der Waals surface area contributed by atoms with Gasteiger partial charge in [0.05, 0.1) is 12.2 Å². The van der Waals surface area contributed by atoms with Crippen molar-refractivity contribution >= 4 is 33.8 Å². The first kappa shape index (κ1) is 20.2. The third-order valence-corrected chi connectivity index (χ3v) is 3.98. The van der Waals surface area contributed by atoms with Crippen molar-refractivity contribution in [2.45, 2.75) is 51.9 Å². The summed E-state index contributed by atoms with van der Waals surface area (Å²) >= 11 is 3.33. The predicted octanol–water partition coefficient (Wildman–Crippen LogP) is 3.24. The molecule has 0 aliphatic carbocycles. The van der Waals surface area contributed by atoms with Crippen LogP contribution in [0.5, 0.6) is 5.75 Å². The summed E-state index contributed by atoms with van der Waals surface area (Å²) in [7, 11) is 0. The second-order valence-corrected chi connectivity index (χ2v) is 7.85. The Hall–Kier alpha value is -2.09. The molecule has 0 saturated heterocycles. The fourth-order valence-electron chi connectivity index (χ4n) is 2.30. The standard InChI is InChI=1S/C18H22BrNO6/c1-10(20-17(23)26-18(2,3)4)16(22)25-13-7-8-24-14-9-11(19)5-6-12(14)15(13)21/h5-6,9-10,13H,7-8H2,1-4H3,(H,20,23)/t10-,13?/m0/s1. The smallest absolute Gasteiger partial charge is 0.408 e. The number of hydrogen-bond acceptors (Lipinski definition) is 6. The van der Waals surface area contributed by atoms with Crippen molar-refractivity contribution in [2.75, 3.05) is 6.61 Å². The lowest BCUT2D eigenvalue weighted by atomic mass is 10.0. The van der Waals surface area contributed by atoms with Crippen LogP contribution in [0.2, 0.25) is 0 Å². The monoisotopic (exact) mass is 427 g/mol. The molecule has 1 amide bonds. The molecule has 26 heavy (non-hydrogen) atoms. The lowest BCUT2D eigenvalue weighted by molar-refractivity contribution is -0.149. The Balaban J connectivity index is 2.01. The molecule has 1 aliphatic heterocycles. The van der Waals surface area contributed by atoms with E-state index >= 15 is 0 Å². The van der Waals surface area contributed by atoms with E-state index in [0.29, 0.717) is 11.3 Å². The molecule has 1 heterocycles. The van der Waals surface area contributed by atoms with Crippen molar-refractivity contribution in [1.82, 2.24) is 5.32 Å². The van der Waals surface area contributed by atoms with Crippen LogP contribution in [0.15, 0.2) is 22.7 Å². The van der Waals surface area contributed by atoms with Crippen molar-refractivity contribution in [3.8, 4) is 5.75 Å². The first-order chi connectivity index (χ1) is 12.1. The number of rotatable bonds is 3. The quantitative estimate of drug-likeness (QED) is 0.744. The molecule has 0 saturated carbocycles. The first-order valence-corrected chi connectivity index (χ1v) is 9.02. The largest absolute Gasteiger partial charge is 0.493 e. The number of amides is 1. The van der Waals surface area contributed by atoms with Gasteiger partial charge in [0, 0.05) is 10.9 Å². The van der Waals surface area contributed by atoms with Gasteiger partial charge in [0.25, 0.3) is 0 Å². The van der Waals surface area contributed by atoms with Crippen molar-refractivity contribution < 1.29 is 28.6 Å². The summed E-state index contributed by atoms with van der Waals surface area (Å²) in [4.78, 5) is 36.6. The number of hydrogen-bond donors (Lipinski definition) is 1. The SMILES string of the molecule is C[C@H](NC(=O)OC(C)(C)C)C(=O)OC1CCOc2cc(Br)ccc2C1=O. The van der Waals surface area contributed by atoms with Crippen LogP contribution in [0.4, 0.5) is 4.79 Å². The number of ether oxygens (including phenoxy) is 3.